The summed E-state index contributed by atoms with van der Waals surface area (Å²) in [6, 6.07) is 7.30. The van der Waals surface area contributed by atoms with E-state index in [1.54, 1.807) is 12.1 Å². The van der Waals surface area contributed by atoms with Crippen LogP contribution < -0.4 is 5.32 Å². The minimum absolute atomic E-state index is 0.154. The van der Waals surface area contributed by atoms with Gasteiger partial charge in [-0.1, -0.05) is 18.6 Å². The molecule has 0 radical (unpaired) electrons. The molecule has 1 aromatic carbocycles. The Morgan fingerprint density at radius 1 is 1.41 bits per heavy atom. The summed E-state index contributed by atoms with van der Waals surface area (Å²) < 4.78 is 0. The molecule has 0 aromatic heterocycles. The van der Waals surface area contributed by atoms with E-state index in [2.05, 4.69) is 12.2 Å². The van der Waals surface area contributed by atoms with Crippen molar-refractivity contribution in [1.82, 2.24) is 5.32 Å². The molecule has 1 unspecified atom stereocenters. The largest absolute Gasteiger partial charge is 0.310 e. The van der Waals surface area contributed by atoms with Crippen LogP contribution in [0.3, 0.4) is 0 Å². The lowest BCUT2D eigenvalue weighted by atomic mass is 9.80. The van der Waals surface area contributed by atoms with Gasteiger partial charge in [-0.05, 0) is 31.2 Å². The average Bonchev–Trinajstić information content (AvgIpc) is 2.24. The van der Waals surface area contributed by atoms with Gasteiger partial charge in [-0.3, -0.25) is 10.1 Å². The minimum Gasteiger partial charge on any atom is -0.310 e. The van der Waals surface area contributed by atoms with E-state index in [1.165, 1.54) is 19.3 Å². The Hall–Kier alpha value is -1.42. The number of nitro groups is 1. The van der Waals surface area contributed by atoms with E-state index in [-0.39, 0.29) is 10.6 Å². The normalized spacial score (nSPS) is 17.5. The number of benzene rings is 1. The van der Waals surface area contributed by atoms with Crippen molar-refractivity contribution in [2.75, 3.05) is 0 Å². The summed E-state index contributed by atoms with van der Waals surface area (Å²) in [6.07, 6.45) is 4.01. The lowest BCUT2D eigenvalue weighted by molar-refractivity contribution is -0.384. The average molecular weight is 234 g/mol. The first-order valence-corrected chi connectivity index (χ1v) is 6.13. The second kappa shape index (κ2) is 5.27. The van der Waals surface area contributed by atoms with Crippen molar-refractivity contribution in [2.24, 2.45) is 5.92 Å². The van der Waals surface area contributed by atoms with Crippen molar-refractivity contribution in [3.8, 4) is 0 Å². The van der Waals surface area contributed by atoms with E-state index in [1.807, 2.05) is 12.1 Å². The molecule has 92 valence electrons. The second-order valence-corrected chi connectivity index (χ2v) is 4.78. The second-order valence-electron chi connectivity index (χ2n) is 4.78. The molecule has 0 aliphatic heterocycles. The fourth-order valence-electron chi connectivity index (χ4n) is 2.12. The van der Waals surface area contributed by atoms with Gasteiger partial charge in [0.15, 0.2) is 0 Å². The van der Waals surface area contributed by atoms with Gasteiger partial charge in [-0.2, -0.15) is 0 Å². The molecule has 1 atom stereocenters. The van der Waals surface area contributed by atoms with Crippen LogP contribution in [0.25, 0.3) is 0 Å². The molecule has 17 heavy (non-hydrogen) atoms. The highest BCUT2D eigenvalue weighted by atomic mass is 16.6. The Kier molecular flexibility index (Phi) is 3.74. The summed E-state index contributed by atoms with van der Waals surface area (Å²) in [5.41, 5.74) is 1.25. The van der Waals surface area contributed by atoms with Gasteiger partial charge in [-0.25, -0.2) is 0 Å². The molecule has 0 amide bonds. The molecule has 1 fully saturated rings. The summed E-state index contributed by atoms with van der Waals surface area (Å²) in [5, 5.41) is 14.0. The van der Waals surface area contributed by atoms with Crippen LogP contribution in [0, 0.1) is 16.0 Å². The van der Waals surface area contributed by atoms with Crippen LogP contribution in [0.2, 0.25) is 0 Å². The first-order valence-electron chi connectivity index (χ1n) is 6.13. The molecule has 1 aromatic rings. The zero-order chi connectivity index (χ0) is 12.3. The number of hydrogen-bond acceptors (Lipinski definition) is 3. The molecule has 0 spiro atoms. The van der Waals surface area contributed by atoms with E-state index in [0.717, 1.165) is 18.0 Å². The highest BCUT2D eigenvalue weighted by Gasteiger charge is 2.23. The predicted octanol–water partition coefficient (Wildman–Crippen LogP) is 2.87. The highest BCUT2D eigenvalue weighted by Crippen LogP contribution is 2.29. The van der Waals surface area contributed by atoms with Crippen molar-refractivity contribution in [3.05, 3.63) is 39.9 Å². The molecule has 2 rings (SSSR count). The molecule has 4 heteroatoms. The Labute approximate surface area is 101 Å². The van der Waals surface area contributed by atoms with Crippen LogP contribution in [0.15, 0.2) is 24.3 Å². The smallest absolute Gasteiger partial charge is 0.269 e. The lowest BCUT2D eigenvalue weighted by Crippen LogP contribution is -2.36. The van der Waals surface area contributed by atoms with Crippen LogP contribution in [0.1, 0.15) is 31.7 Å². The molecular weight excluding hydrogens is 216 g/mol. The van der Waals surface area contributed by atoms with Crippen molar-refractivity contribution in [3.63, 3.8) is 0 Å². The van der Waals surface area contributed by atoms with Gasteiger partial charge in [0, 0.05) is 24.7 Å². The SMILES string of the molecule is CC(NCc1ccc([N+](=O)[O-])cc1)C1CCC1. The molecule has 1 N–H and O–H groups in total. The van der Waals surface area contributed by atoms with Crippen LogP contribution in [0.5, 0.6) is 0 Å². The third kappa shape index (κ3) is 3.03. The van der Waals surface area contributed by atoms with Gasteiger partial charge >= 0.3 is 0 Å². The summed E-state index contributed by atoms with van der Waals surface area (Å²) in [6.45, 7) is 3.00. The van der Waals surface area contributed by atoms with E-state index in [9.17, 15) is 10.1 Å². The van der Waals surface area contributed by atoms with Gasteiger partial charge in [0.2, 0.25) is 0 Å². The maximum atomic E-state index is 10.5. The molecule has 0 bridgehead atoms. The third-order valence-electron chi connectivity index (χ3n) is 3.63. The lowest BCUT2D eigenvalue weighted by Gasteiger charge is -2.32. The van der Waals surface area contributed by atoms with E-state index in [4.69, 9.17) is 0 Å². The van der Waals surface area contributed by atoms with Crippen molar-refractivity contribution in [2.45, 2.75) is 38.8 Å². The first kappa shape index (κ1) is 12.0. The predicted molar refractivity (Wildman–Crippen MR) is 66.7 cm³/mol. The zero-order valence-corrected chi connectivity index (χ0v) is 10.1. The molecule has 0 saturated heterocycles. The van der Waals surface area contributed by atoms with Gasteiger partial charge in [0.25, 0.3) is 5.69 Å². The maximum absolute atomic E-state index is 10.5. The number of rotatable bonds is 5. The fraction of sp³-hybridized carbons (Fsp3) is 0.538. The molecule has 1 saturated carbocycles. The van der Waals surface area contributed by atoms with E-state index in [0.29, 0.717) is 6.04 Å². The zero-order valence-electron chi connectivity index (χ0n) is 10.1. The van der Waals surface area contributed by atoms with Crippen molar-refractivity contribution >= 4 is 5.69 Å². The number of non-ortho nitro benzene ring substituents is 1. The Morgan fingerprint density at radius 2 is 2.06 bits per heavy atom. The van der Waals surface area contributed by atoms with Crippen molar-refractivity contribution in [1.29, 1.82) is 0 Å². The maximum Gasteiger partial charge on any atom is 0.269 e. The van der Waals surface area contributed by atoms with Crippen LogP contribution in [-0.4, -0.2) is 11.0 Å². The quantitative estimate of drug-likeness (QED) is 0.629. The van der Waals surface area contributed by atoms with Crippen LogP contribution in [-0.2, 0) is 6.54 Å². The monoisotopic (exact) mass is 234 g/mol. The summed E-state index contributed by atoms with van der Waals surface area (Å²) in [4.78, 5) is 10.1. The van der Waals surface area contributed by atoms with E-state index >= 15 is 0 Å². The van der Waals surface area contributed by atoms with Gasteiger partial charge in [-0.15, -0.1) is 0 Å². The summed E-state index contributed by atoms with van der Waals surface area (Å²) >= 11 is 0. The topological polar surface area (TPSA) is 55.2 Å². The van der Waals surface area contributed by atoms with Crippen LogP contribution in [0.4, 0.5) is 5.69 Å². The number of nitrogens with zero attached hydrogens (tertiary/aromatic N) is 1. The first-order chi connectivity index (χ1) is 8.16. The molecule has 4 nitrogen and oxygen atoms in total. The number of nitrogens with one attached hydrogen (secondary N) is 1. The summed E-state index contributed by atoms with van der Waals surface area (Å²) in [7, 11) is 0. The molecular formula is C13H18N2O2. The Morgan fingerprint density at radius 3 is 2.53 bits per heavy atom. The molecule has 1 aliphatic carbocycles. The molecule has 0 heterocycles. The Bertz CT molecular complexity index is 385. The fourth-order valence-corrected chi connectivity index (χ4v) is 2.12. The van der Waals surface area contributed by atoms with E-state index < -0.39 is 0 Å². The number of hydrogen-bond donors (Lipinski definition) is 1. The molecule has 1 aliphatic rings. The Balaban J connectivity index is 1.84. The minimum atomic E-state index is -0.367. The third-order valence-corrected chi connectivity index (χ3v) is 3.63. The highest BCUT2D eigenvalue weighted by molar-refractivity contribution is 5.32. The van der Waals surface area contributed by atoms with Crippen LogP contribution >= 0.6 is 0 Å². The van der Waals surface area contributed by atoms with Gasteiger partial charge < -0.3 is 5.32 Å². The number of nitro benzene ring substituents is 1. The standard InChI is InChI=1S/C13H18N2O2/c1-10(12-3-2-4-12)14-9-11-5-7-13(8-6-11)15(16)17/h5-8,10,12,14H,2-4,9H2,1H3. The summed E-state index contributed by atoms with van der Waals surface area (Å²) in [5.74, 6) is 0.813. The van der Waals surface area contributed by atoms with Gasteiger partial charge in [0.05, 0.1) is 4.92 Å². The van der Waals surface area contributed by atoms with Gasteiger partial charge in [0.1, 0.15) is 0 Å². The van der Waals surface area contributed by atoms with Crippen molar-refractivity contribution < 1.29 is 4.92 Å².